The van der Waals surface area contributed by atoms with E-state index in [-0.39, 0.29) is 28.5 Å². The molecule has 31 valence electrons. The molecule has 0 heterocycles. The van der Waals surface area contributed by atoms with Crippen LogP contribution in [0.4, 0.5) is 0 Å². The van der Waals surface area contributed by atoms with Gasteiger partial charge in [-0.1, -0.05) is 0 Å². The summed E-state index contributed by atoms with van der Waals surface area (Å²) in [5, 5.41) is 8.06. The molecule has 2 heteroatoms. The molecule has 0 aromatic heterocycles. The van der Waals surface area contributed by atoms with Gasteiger partial charge in [0.25, 0.3) is 0 Å². The molecule has 0 spiro atoms. The topological polar surface area (TPSA) is 20.2 Å². The van der Waals surface area contributed by atoms with Crippen molar-refractivity contribution in [2.45, 2.75) is 20.0 Å². The molecule has 0 bridgehead atoms. The molecule has 0 unspecified atom stereocenters. The molecule has 0 aliphatic carbocycles. The third-order valence-electron chi connectivity index (χ3n) is 0. The van der Waals surface area contributed by atoms with Crippen LogP contribution in [0, 0.1) is 0 Å². The summed E-state index contributed by atoms with van der Waals surface area (Å²) >= 11 is 0. The Morgan fingerprint density at radius 2 is 1.40 bits per heavy atom. The van der Waals surface area contributed by atoms with Crippen molar-refractivity contribution in [3.8, 4) is 0 Å². The predicted octanol–water partition coefficient (Wildman–Crippen LogP) is 0.385. The van der Waals surface area contributed by atoms with Crippen molar-refractivity contribution in [2.24, 2.45) is 0 Å². The van der Waals surface area contributed by atoms with Gasteiger partial charge in [-0.05, 0) is 13.8 Å². The summed E-state index contributed by atoms with van der Waals surface area (Å²) in [5.74, 6) is 0. The quantitative estimate of drug-likeness (QED) is 0.650. The van der Waals surface area contributed by atoms with E-state index in [2.05, 4.69) is 0 Å². The van der Waals surface area contributed by atoms with Crippen molar-refractivity contribution in [3.05, 3.63) is 0 Å². The van der Waals surface area contributed by atoms with Crippen molar-refractivity contribution < 1.29 is 27.5 Å². The molecule has 0 fully saturated rings. The summed E-state index contributed by atoms with van der Waals surface area (Å²) in [6, 6.07) is 0. The number of aliphatic hydroxyl groups excluding tert-OH is 1. The molecular weight excluding hydrogens is 233 g/mol. The standard InChI is InChI=1S/C3H8O.Ta/c1-3(2)4;/h3-4H,1-2H3;. The number of hydrogen-bond donors (Lipinski definition) is 1. The Kier molecular flexibility index (Phi) is 8.65. The van der Waals surface area contributed by atoms with Crippen LogP contribution in [0.15, 0.2) is 0 Å². The minimum absolute atomic E-state index is 0. The van der Waals surface area contributed by atoms with Gasteiger partial charge in [0.15, 0.2) is 0 Å². The first-order valence-electron chi connectivity index (χ1n) is 1.41. The molecule has 0 amide bonds. The third-order valence-corrected chi connectivity index (χ3v) is 0. The maximum Gasteiger partial charge on any atom is 0.0483 e. The van der Waals surface area contributed by atoms with E-state index in [1.54, 1.807) is 13.8 Å². The SMILES string of the molecule is CC(C)O.[Ta]. The molecule has 0 atom stereocenters. The van der Waals surface area contributed by atoms with Crippen molar-refractivity contribution >= 4 is 0 Å². The van der Waals surface area contributed by atoms with Crippen LogP contribution in [0.5, 0.6) is 0 Å². The van der Waals surface area contributed by atoms with Crippen LogP contribution in [-0.4, -0.2) is 11.2 Å². The van der Waals surface area contributed by atoms with Gasteiger partial charge in [-0.2, -0.15) is 0 Å². The molecule has 0 aliphatic rings. The molecule has 0 rings (SSSR count). The molecule has 0 saturated carbocycles. The molecule has 1 N–H and O–H groups in total. The number of rotatable bonds is 0. The summed E-state index contributed by atoms with van der Waals surface area (Å²) < 4.78 is 0. The van der Waals surface area contributed by atoms with Gasteiger partial charge in [-0.15, -0.1) is 0 Å². The fraction of sp³-hybridized carbons (Fsp3) is 1.00. The van der Waals surface area contributed by atoms with Crippen LogP contribution >= 0.6 is 0 Å². The molecule has 0 aliphatic heterocycles. The van der Waals surface area contributed by atoms with Crippen molar-refractivity contribution in [1.82, 2.24) is 0 Å². The minimum Gasteiger partial charge on any atom is -0.394 e. The summed E-state index contributed by atoms with van der Waals surface area (Å²) in [6.07, 6.45) is -0.167. The summed E-state index contributed by atoms with van der Waals surface area (Å²) in [5.41, 5.74) is 0. The normalized spacial score (nSPS) is 7.20. The first-order valence-corrected chi connectivity index (χ1v) is 1.41. The average molecular weight is 241 g/mol. The molecule has 0 aromatic carbocycles. The van der Waals surface area contributed by atoms with E-state index in [0.717, 1.165) is 0 Å². The zero-order valence-electron chi connectivity index (χ0n) is 3.47. The van der Waals surface area contributed by atoms with Crippen molar-refractivity contribution in [3.63, 3.8) is 0 Å². The minimum atomic E-state index is -0.167. The summed E-state index contributed by atoms with van der Waals surface area (Å²) in [6.45, 7) is 3.44. The van der Waals surface area contributed by atoms with E-state index in [1.807, 2.05) is 0 Å². The zero-order valence-corrected chi connectivity index (χ0v) is 6.69. The zero-order chi connectivity index (χ0) is 3.58. The van der Waals surface area contributed by atoms with Crippen LogP contribution in [0.3, 0.4) is 0 Å². The van der Waals surface area contributed by atoms with E-state index < -0.39 is 0 Å². The van der Waals surface area contributed by atoms with E-state index in [0.29, 0.717) is 0 Å². The van der Waals surface area contributed by atoms with E-state index in [9.17, 15) is 0 Å². The first kappa shape index (κ1) is 9.20. The van der Waals surface area contributed by atoms with Crippen molar-refractivity contribution in [2.75, 3.05) is 0 Å². The van der Waals surface area contributed by atoms with Gasteiger partial charge in [-0.25, -0.2) is 0 Å². The number of aliphatic hydroxyl groups is 1. The van der Waals surface area contributed by atoms with Gasteiger partial charge in [0, 0.05) is 28.5 Å². The third kappa shape index (κ3) is 69.9. The second kappa shape index (κ2) is 4.70. The smallest absolute Gasteiger partial charge is 0.0483 e. The fourth-order valence-corrected chi connectivity index (χ4v) is 0. The van der Waals surface area contributed by atoms with Gasteiger partial charge < -0.3 is 5.11 Å². The monoisotopic (exact) mass is 241 g/mol. The van der Waals surface area contributed by atoms with Crippen molar-refractivity contribution in [1.29, 1.82) is 0 Å². The Bertz CT molecular complexity index is 11.6. The number of hydrogen-bond acceptors (Lipinski definition) is 1. The van der Waals surface area contributed by atoms with E-state index >= 15 is 0 Å². The Balaban J connectivity index is 0. The Hall–Kier alpha value is 0.700. The maximum absolute atomic E-state index is 8.06. The van der Waals surface area contributed by atoms with Gasteiger partial charge in [0.05, 0.1) is 0 Å². The van der Waals surface area contributed by atoms with Crippen LogP contribution in [-0.2, 0) is 22.4 Å². The van der Waals surface area contributed by atoms with Gasteiger partial charge in [0.1, 0.15) is 0 Å². The molecule has 5 heavy (non-hydrogen) atoms. The van der Waals surface area contributed by atoms with E-state index in [4.69, 9.17) is 5.11 Å². The second-order valence-electron chi connectivity index (χ2n) is 1.09. The second-order valence-corrected chi connectivity index (χ2v) is 1.09. The fourth-order valence-electron chi connectivity index (χ4n) is 0. The average Bonchev–Trinajstić information content (AvgIpc) is 0.811. The predicted molar refractivity (Wildman–Crippen MR) is 17.4 cm³/mol. The molecular formula is C3H8OTa. The van der Waals surface area contributed by atoms with E-state index in [1.165, 1.54) is 0 Å². The largest absolute Gasteiger partial charge is 0.394 e. The van der Waals surface area contributed by atoms with Crippen LogP contribution < -0.4 is 0 Å². The van der Waals surface area contributed by atoms with Crippen LogP contribution in [0.2, 0.25) is 0 Å². The van der Waals surface area contributed by atoms with Crippen LogP contribution in [0.1, 0.15) is 13.8 Å². The van der Waals surface area contributed by atoms with Gasteiger partial charge >= 0.3 is 0 Å². The Morgan fingerprint density at radius 1 is 1.40 bits per heavy atom. The summed E-state index contributed by atoms with van der Waals surface area (Å²) in [7, 11) is 0. The maximum atomic E-state index is 8.06. The summed E-state index contributed by atoms with van der Waals surface area (Å²) in [4.78, 5) is 0. The van der Waals surface area contributed by atoms with Crippen LogP contribution in [0.25, 0.3) is 0 Å². The van der Waals surface area contributed by atoms with Gasteiger partial charge in [0.2, 0.25) is 0 Å². The van der Waals surface area contributed by atoms with Gasteiger partial charge in [-0.3, -0.25) is 0 Å². The molecule has 1 radical (unpaired) electrons. The first-order chi connectivity index (χ1) is 1.73. The Morgan fingerprint density at radius 3 is 1.40 bits per heavy atom. The molecule has 1 nitrogen and oxygen atoms in total. The molecule has 0 saturated heterocycles. The molecule has 0 aromatic rings. The Labute approximate surface area is 47.9 Å².